The monoisotopic (exact) mass is 636 g/mol. The standard InChI is InChI=1S/2C19H18N4O/c2*1-11-21-8-15-16(22-11)7-6-14(19(15)24)18-13-5-3-2-4-12(13)17-9-20-10-23(17)18/h2*2-5,8-10,14,18-19,24H,6-7H2,1H3/t2*14-,18+,19-/m10/s1. The molecule has 2 aliphatic carbocycles. The third kappa shape index (κ3) is 4.47. The zero-order chi connectivity index (χ0) is 32.5. The number of aliphatic hydroxyl groups is 2. The highest BCUT2D eigenvalue weighted by Gasteiger charge is 2.42. The van der Waals surface area contributed by atoms with Crippen molar-refractivity contribution in [3.05, 3.63) is 131 Å². The Morgan fingerprint density at radius 2 is 1.02 bits per heavy atom. The van der Waals surface area contributed by atoms with Crippen LogP contribution in [0.4, 0.5) is 0 Å². The van der Waals surface area contributed by atoms with Crippen LogP contribution in [0.15, 0.2) is 86.0 Å². The highest BCUT2D eigenvalue weighted by molar-refractivity contribution is 5.70. The maximum absolute atomic E-state index is 11.0. The molecule has 2 aromatic carbocycles. The summed E-state index contributed by atoms with van der Waals surface area (Å²) < 4.78 is 4.41. The Kier molecular flexibility index (Phi) is 6.84. The van der Waals surface area contributed by atoms with E-state index < -0.39 is 12.2 Å². The molecular formula is C38H36N8O2. The lowest BCUT2D eigenvalue weighted by Crippen LogP contribution is -2.29. The average molecular weight is 637 g/mol. The SMILES string of the molecule is Cc1ncc2c(n1)CC[C@@H]([C@H]1c3ccccc3-c3cncn31)[C@@H]2O.Cc1ncc2c(n1)CC[C@H]([C@@H]1c3ccccc3-c3cncn31)[C@H]2O. The Hall–Kier alpha value is -5.06. The molecule has 4 aromatic heterocycles. The van der Waals surface area contributed by atoms with Crippen LogP contribution in [0, 0.1) is 25.7 Å². The quantitative estimate of drug-likeness (QED) is 0.248. The van der Waals surface area contributed by atoms with Crippen LogP contribution in [0.1, 0.15) is 82.4 Å². The first-order valence-electron chi connectivity index (χ1n) is 16.7. The predicted molar refractivity (Wildman–Crippen MR) is 179 cm³/mol. The van der Waals surface area contributed by atoms with Gasteiger partial charge in [-0.15, -0.1) is 0 Å². The third-order valence-corrected chi connectivity index (χ3v) is 10.8. The molecule has 240 valence electrons. The number of aryl methyl sites for hydroxylation is 4. The van der Waals surface area contributed by atoms with Crippen LogP contribution in [0.25, 0.3) is 22.5 Å². The number of imidazole rings is 2. The largest absolute Gasteiger partial charge is 0.388 e. The summed E-state index contributed by atoms with van der Waals surface area (Å²) in [5, 5.41) is 22.1. The van der Waals surface area contributed by atoms with Gasteiger partial charge in [-0.25, -0.2) is 29.9 Å². The Morgan fingerprint density at radius 1 is 0.583 bits per heavy atom. The van der Waals surface area contributed by atoms with Crippen LogP contribution < -0.4 is 0 Å². The first-order valence-corrected chi connectivity index (χ1v) is 16.7. The fourth-order valence-corrected chi connectivity index (χ4v) is 8.61. The summed E-state index contributed by atoms with van der Waals surface area (Å²) in [6.07, 6.45) is 13.6. The minimum atomic E-state index is -0.555. The van der Waals surface area contributed by atoms with E-state index in [1.807, 2.05) is 38.9 Å². The highest BCUT2D eigenvalue weighted by atomic mass is 16.3. The number of benzene rings is 2. The number of rotatable bonds is 2. The zero-order valence-electron chi connectivity index (χ0n) is 26.8. The number of fused-ring (bicyclic) bond motifs is 8. The second-order valence-electron chi connectivity index (χ2n) is 13.4. The second-order valence-corrected chi connectivity index (χ2v) is 13.4. The van der Waals surface area contributed by atoms with E-state index in [4.69, 9.17) is 0 Å². The van der Waals surface area contributed by atoms with E-state index in [-0.39, 0.29) is 23.9 Å². The van der Waals surface area contributed by atoms with Crippen molar-refractivity contribution in [1.82, 2.24) is 39.0 Å². The van der Waals surface area contributed by atoms with Crippen LogP contribution in [0.2, 0.25) is 0 Å². The van der Waals surface area contributed by atoms with Crippen molar-refractivity contribution in [2.75, 3.05) is 0 Å². The summed E-state index contributed by atoms with van der Waals surface area (Å²) in [6, 6.07) is 17.1. The molecule has 4 aliphatic rings. The first-order chi connectivity index (χ1) is 23.5. The third-order valence-electron chi connectivity index (χ3n) is 10.8. The minimum absolute atomic E-state index is 0.0976. The van der Waals surface area contributed by atoms with E-state index in [1.165, 1.54) is 22.3 Å². The molecule has 2 aliphatic heterocycles. The fourth-order valence-electron chi connectivity index (χ4n) is 8.61. The predicted octanol–water partition coefficient (Wildman–Crippen LogP) is 5.69. The lowest BCUT2D eigenvalue weighted by Gasteiger charge is -2.34. The molecule has 0 fully saturated rings. The lowest BCUT2D eigenvalue weighted by molar-refractivity contribution is 0.0703. The summed E-state index contributed by atoms with van der Waals surface area (Å²) in [7, 11) is 0. The van der Waals surface area contributed by atoms with Gasteiger partial charge in [-0.3, -0.25) is 0 Å². The summed E-state index contributed by atoms with van der Waals surface area (Å²) in [5.74, 6) is 1.73. The van der Waals surface area contributed by atoms with E-state index in [0.717, 1.165) is 71.2 Å². The molecule has 0 unspecified atom stereocenters. The van der Waals surface area contributed by atoms with Crippen LogP contribution >= 0.6 is 0 Å². The molecule has 6 aromatic rings. The van der Waals surface area contributed by atoms with Crippen molar-refractivity contribution in [3.63, 3.8) is 0 Å². The molecular weight excluding hydrogens is 600 g/mol. The van der Waals surface area contributed by atoms with Gasteiger partial charge in [0.2, 0.25) is 0 Å². The van der Waals surface area contributed by atoms with Gasteiger partial charge in [-0.2, -0.15) is 0 Å². The number of aliphatic hydroxyl groups excluding tert-OH is 2. The highest BCUT2D eigenvalue weighted by Crippen LogP contribution is 2.51. The molecule has 0 spiro atoms. The van der Waals surface area contributed by atoms with Crippen LogP contribution in [0.3, 0.4) is 0 Å². The smallest absolute Gasteiger partial charge is 0.125 e. The van der Waals surface area contributed by atoms with Crippen molar-refractivity contribution >= 4 is 0 Å². The summed E-state index contributed by atoms with van der Waals surface area (Å²) >= 11 is 0. The van der Waals surface area contributed by atoms with Gasteiger partial charge in [0.1, 0.15) is 11.6 Å². The van der Waals surface area contributed by atoms with Gasteiger partial charge in [-0.1, -0.05) is 48.5 Å². The summed E-state index contributed by atoms with van der Waals surface area (Å²) in [6.45, 7) is 3.79. The van der Waals surface area contributed by atoms with Gasteiger partial charge in [0.05, 0.1) is 60.7 Å². The second kappa shape index (κ2) is 11.3. The van der Waals surface area contributed by atoms with Crippen LogP contribution in [-0.2, 0) is 12.8 Å². The molecule has 0 bridgehead atoms. The van der Waals surface area contributed by atoms with Gasteiger partial charge in [0, 0.05) is 57.9 Å². The Morgan fingerprint density at radius 3 is 1.48 bits per heavy atom. The molecule has 10 heteroatoms. The average Bonchev–Trinajstić information content (AvgIpc) is 3.88. The Labute approximate surface area is 278 Å². The fraction of sp³-hybridized carbons (Fsp3) is 0.316. The summed E-state index contributed by atoms with van der Waals surface area (Å²) in [4.78, 5) is 26.3. The molecule has 6 atom stereocenters. The number of hydrogen-bond acceptors (Lipinski definition) is 8. The molecule has 6 heterocycles. The molecule has 10 nitrogen and oxygen atoms in total. The maximum Gasteiger partial charge on any atom is 0.125 e. The number of nitrogens with zero attached hydrogens (tertiary/aromatic N) is 8. The van der Waals surface area contributed by atoms with E-state index in [0.29, 0.717) is 0 Å². The molecule has 0 amide bonds. The van der Waals surface area contributed by atoms with E-state index in [9.17, 15) is 10.2 Å². The Bertz CT molecular complexity index is 2020. The van der Waals surface area contributed by atoms with Gasteiger partial charge in [-0.05, 0) is 50.7 Å². The van der Waals surface area contributed by atoms with Crippen molar-refractivity contribution in [3.8, 4) is 22.5 Å². The lowest BCUT2D eigenvalue weighted by atomic mass is 9.78. The molecule has 2 N–H and O–H groups in total. The minimum Gasteiger partial charge on any atom is -0.388 e. The first kappa shape index (κ1) is 29.1. The molecule has 0 saturated heterocycles. The van der Waals surface area contributed by atoms with E-state index in [2.05, 4.69) is 87.6 Å². The number of aromatic nitrogens is 8. The molecule has 0 radical (unpaired) electrons. The topological polar surface area (TPSA) is 128 Å². The van der Waals surface area contributed by atoms with Crippen LogP contribution in [0.5, 0.6) is 0 Å². The van der Waals surface area contributed by atoms with Gasteiger partial charge >= 0.3 is 0 Å². The van der Waals surface area contributed by atoms with Crippen LogP contribution in [-0.4, -0.2) is 49.3 Å². The van der Waals surface area contributed by atoms with Gasteiger partial charge in [0.15, 0.2) is 0 Å². The van der Waals surface area contributed by atoms with Crippen molar-refractivity contribution in [2.45, 2.75) is 63.8 Å². The summed E-state index contributed by atoms with van der Waals surface area (Å²) in [5.41, 5.74) is 11.0. The molecule has 10 rings (SSSR count). The van der Waals surface area contributed by atoms with Gasteiger partial charge in [0.25, 0.3) is 0 Å². The van der Waals surface area contributed by atoms with Gasteiger partial charge < -0.3 is 19.3 Å². The van der Waals surface area contributed by atoms with E-state index in [1.54, 1.807) is 12.4 Å². The normalized spacial score (nSPS) is 24.3. The van der Waals surface area contributed by atoms with Crippen molar-refractivity contribution in [2.24, 2.45) is 11.8 Å². The molecule has 0 saturated carbocycles. The van der Waals surface area contributed by atoms with Crippen molar-refractivity contribution < 1.29 is 10.2 Å². The zero-order valence-corrected chi connectivity index (χ0v) is 26.8. The maximum atomic E-state index is 11.0. The Balaban J connectivity index is 0.000000131. The molecule has 48 heavy (non-hydrogen) atoms. The number of hydrogen-bond donors (Lipinski definition) is 2. The van der Waals surface area contributed by atoms with Crippen molar-refractivity contribution in [1.29, 1.82) is 0 Å². The van der Waals surface area contributed by atoms with E-state index >= 15 is 0 Å².